The summed E-state index contributed by atoms with van der Waals surface area (Å²) in [7, 11) is 3.68. The van der Waals surface area contributed by atoms with Crippen LogP contribution in [0.5, 0.6) is 0 Å². The molecule has 0 bridgehead atoms. The van der Waals surface area contributed by atoms with Crippen LogP contribution in [0.2, 0.25) is 5.02 Å². The summed E-state index contributed by atoms with van der Waals surface area (Å²) in [5, 5.41) is 5.36. The molecule has 28 heavy (non-hydrogen) atoms. The third kappa shape index (κ3) is 6.28. The normalized spacial score (nSPS) is 11.9. The zero-order valence-electron chi connectivity index (χ0n) is 15.6. The lowest BCUT2D eigenvalue weighted by atomic mass is 10.1. The fraction of sp³-hybridized carbons (Fsp3) is 0.300. The first-order valence-corrected chi connectivity index (χ1v) is 9.07. The lowest BCUT2D eigenvalue weighted by Gasteiger charge is -2.25. The van der Waals surface area contributed by atoms with Gasteiger partial charge in [0, 0.05) is 19.5 Å². The SMILES string of the molecule is CN(C)C(CNC(=O)CCNC(=O)c1ccc(F)cc1Cl)c1cccc(F)c1. The molecular formula is C20H22ClF2N3O2. The van der Waals surface area contributed by atoms with Crippen molar-refractivity contribution < 1.29 is 18.4 Å². The Morgan fingerprint density at radius 2 is 1.79 bits per heavy atom. The molecule has 5 nitrogen and oxygen atoms in total. The molecule has 2 N–H and O–H groups in total. The highest BCUT2D eigenvalue weighted by molar-refractivity contribution is 6.33. The Morgan fingerprint density at radius 3 is 2.43 bits per heavy atom. The second-order valence-corrected chi connectivity index (χ2v) is 6.88. The Bertz CT molecular complexity index is 846. The third-order valence-corrected chi connectivity index (χ3v) is 4.48. The Balaban J connectivity index is 1.82. The molecule has 0 aromatic heterocycles. The molecule has 0 spiro atoms. The fourth-order valence-electron chi connectivity index (χ4n) is 2.67. The Morgan fingerprint density at radius 1 is 1.07 bits per heavy atom. The highest BCUT2D eigenvalue weighted by Gasteiger charge is 2.16. The van der Waals surface area contributed by atoms with Gasteiger partial charge >= 0.3 is 0 Å². The number of hydrogen-bond donors (Lipinski definition) is 2. The molecule has 2 amide bonds. The minimum absolute atomic E-state index is 0.00543. The Hall–Kier alpha value is -2.51. The first-order chi connectivity index (χ1) is 13.3. The van der Waals surface area contributed by atoms with E-state index in [2.05, 4.69) is 10.6 Å². The lowest BCUT2D eigenvalue weighted by Crippen LogP contribution is -2.36. The Kier molecular flexibility index (Phi) is 7.90. The van der Waals surface area contributed by atoms with E-state index >= 15 is 0 Å². The minimum atomic E-state index is -0.533. The molecule has 150 valence electrons. The van der Waals surface area contributed by atoms with Crippen LogP contribution in [0.1, 0.15) is 28.4 Å². The molecule has 2 aromatic carbocycles. The van der Waals surface area contributed by atoms with Crippen molar-refractivity contribution in [2.75, 3.05) is 27.2 Å². The van der Waals surface area contributed by atoms with Crippen molar-refractivity contribution in [2.45, 2.75) is 12.5 Å². The second kappa shape index (κ2) is 10.1. The number of amides is 2. The van der Waals surface area contributed by atoms with Gasteiger partial charge in [-0.15, -0.1) is 0 Å². The van der Waals surface area contributed by atoms with Gasteiger partial charge in [0.25, 0.3) is 5.91 Å². The van der Waals surface area contributed by atoms with E-state index in [0.29, 0.717) is 6.54 Å². The summed E-state index contributed by atoms with van der Waals surface area (Å²) >= 11 is 5.84. The number of carbonyl (C=O) groups is 2. The number of rotatable bonds is 8. The molecule has 0 aliphatic rings. The van der Waals surface area contributed by atoms with Crippen molar-refractivity contribution in [3.63, 3.8) is 0 Å². The largest absolute Gasteiger partial charge is 0.354 e. The van der Waals surface area contributed by atoms with Gasteiger partial charge < -0.3 is 15.5 Å². The van der Waals surface area contributed by atoms with E-state index < -0.39 is 11.7 Å². The van der Waals surface area contributed by atoms with Crippen LogP contribution >= 0.6 is 11.6 Å². The monoisotopic (exact) mass is 409 g/mol. The van der Waals surface area contributed by atoms with Crippen LogP contribution in [-0.2, 0) is 4.79 Å². The topological polar surface area (TPSA) is 61.4 Å². The van der Waals surface area contributed by atoms with E-state index in [1.165, 1.54) is 18.2 Å². The van der Waals surface area contributed by atoms with Crippen molar-refractivity contribution in [1.82, 2.24) is 15.5 Å². The molecule has 0 aliphatic carbocycles. The molecule has 0 fully saturated rings. The molecule has 2 aromatic rings. The van der Waals surface area contributed by atoms with Gasteiger partial charge in [-0.3, -0.25) is 9.59 Å². The Labute approximate surface area is 167 Å². The molecule has 1 atom stereocenters. The number of halogens is 3. The van der Waals surface area contributed by atoms with Gasteiger partial charge in [-0.25, -0.2) is 8.78 Å². The maximum Gasteiger partial charge on any atom is 0.252 e. The van der Waals surface area contributed by atoms with Crippen LogP contribution in [0.4, 0.5) is 8.78 Å². The molecule has 0 saturated carbocycles. The molecule has 2 rings (SSSR count). The molecule has 1 unspecified atom stereocenters. The smallest absolute Gasteiger partial charge is 0.252 e. The molecule has 0 heterocycles. The summed E-state index contributed by atoms with van der Waals surface area (Å²) in [6, 6.07) is 9.51. The quantitative estimate of drug-likeness (QED) is 0.704. The minimum Gasteiger partial charge on any atom is -0.354 e. The number of benzene rings is 2. The predicted octanol–water partition coefficient (Wildman–Crippen LogP) is 3.16. The number of nitrogens with zero attached hydrogens (tertiary/aromatic N) is 1. The summed E-state index contributed by atoms with van der Waals surface area (Å²) in [4.78, 5) is 26.0. The number of nitrogens with one attached hydrogen (secondary N) is 2. The fourth-order valence-corrected chi connectivity index (χ4v) is 2.92. The van der Waals surface area contributed by atoms with Crippen LogP contribution in [0.25, 0.3) is 0 Å². The van der Waals surface area contributed by atoms with E-state index in [-0.39, 0.29) is 41.3 Å². The van der Waals surface area contributed by atoms with Crippen molar-refractivity contribution >= 4 is 23.4 Å². The standard InChI is InChI=1S/C20H22ClF2N3O2/c1-26(2)18(13-4-3-5-14(22)10-13)12-25-19(27)8-9-24-20(28)16-7-6-15(23)11-17(16)21/h3-7,10-11,18H,8-9,12H2,1-2H3,(H,24,28)(H,25,27). The zero-order chi connectivity index (χ0) is 20.7. The van der Waals surface area contributed by atoms with Crippen molar-refractivity contribution in [1.29, 1.82) is 0 Å². The predicted molar refractivity (Wildman–Crippen MR) is 104 cm³/mol. The van der Waals surface area contributed by atoms with Crippen LogP contribution < -0.4 is 10.6 Å². The van der Waals surface area contributed by atoms with Crippen LogP contribution in [0.3, 0.4) is 0 Å². The van der Waals surface area contributed by atoms with Gasteiger partial charge in [-0.05, 0) is 50.0 Å². The van der Waals surface area contributed by atoms with E-state index in [4.69, 9.17) is 11.6 Å². The van der Waals surface area contributed by atoms with Gasteiger partial charge in [0.15, 0.2) is 0 Å². The average molecular weight is 410 g/mol. The molecule has 0 aliphatic heterocycles. The maximum atomic E-state index is 13.4. The highest BCUT2D eigenvalue weighted by Crippen LogP contribution is 2.18. The van der Waals surface area contributed by atoms with Gasteiger partial charge in [0.1, 0.15) is 11.6 Å². The molecule has 8 heteroatoms. The third-order valence-electron chi connectivity index (χ3n) is 4.16. The van der Waals surface area contributed by atoms with Crippen molar-refractivity contribution in [3.05, 3.63) is 70.2 Å². The average Bonchev–Trinajstić information content (AvgIpc) is 2.61. The number of hydrogen-bond acceptors (Lipinski definition) is 3. The summed E-state index contributed by atoms with van der Waals surface area (Å²) in [6.07, 6.45) is 0.0633. The van der Waals surface area contributed by atoms with E-state index in [1.807, 2.05) is 19.0 Å². The first kappa shape index (κ1) is 21.8. The lowest BCUT2D eigenvalue weighted by molar-refractivity contribution is -0.121. The van der Waals surface area contributed by atoms with Gasteiger partial charge in [0.2, 0.25) is 5.91 Å². The van der Waals surface area contributed by atoms with Crippen molar-refractivity contribution in [3.8, 4) is 0 Å². The summed E-state index contributed by atoms with van der Waals surface area (Å²) < 4.78 is 26.5. The van der Waals surface area contributed by atoms with E-state index in [1.54, 1.807) is 12.1 Å². The van der Waals surface area contributed by atoms with E-state index in [9.17, 15) is 18.4 Å². The molecule has 0 radical (unpaired) electrons. The number of likely N-dealkylation sites (N-methyl/N-ethyl adjacent to an activating group) is 1. The summed E-state index contributed by atoms with van der Waals surface area (Å²) in [5.41, 5.74) is 0.895. The van der Waals surface area contributed by atoms with Crippen LogP contribution in [0.15, 0.2) is 42.5 Å². The van der Waals surface area contributed by atoms with E-state index in [0.717, 1.165) is 17.7 Å². The highest BCUT2D eigenvalue weighted by atomic mass is 35.5. The molecular weight excluding hydrogens is 388 g/mol. The summed E-state index contributed by atoms with van der Waals surface area (Å²) in [5.74, 6) is -1.61. The first-order valence-electron chi connectivity index (χ1n) is 8.69. The van der Waals surface area contributed by atoms with Crippen molar-refractivity contribution in [2.24, 2.45) is 0 Å². The second-order valence-electron chi connectivity index (χ2n) is 6.47. The number of carbonyl (C=O) groups excluding carboxylic acids is 2. The molecule has 0 saturated heterocycles. The van der Waals surface area contributed by atoms with Gasteiger partial charge in [-0.2, -0.15) is 0 Å². The van der Waals surface area contributed by atoms with Gasteiger partial charge in [0.05, 0.1) is 16.6 Å². The van der Waals surface area contributed by atoms with Crippen LogP contribution in [-0.4, -0.2) is 43.9 Å². The summed E-state index contributed by atoms with van der Waals surface area (Å²) in [6.45, 7) is 0.401. The van der Waals surface area contributed by atoms with Gasteiger partial charge in [-0.1, -0.05) is 23.7 Å². The van der Waals surface area contributed by atoms with Crippen LogP contribution in [0, 0.1) is 11.6 Å². The maximum absolute atomic E-state index is 13.4. The zero-order valence-corrected chi connectivity index (χ0v) is 16.4.